The molecule has 2 N–H and O–H groups in total. The molecular weight excluding hydrogens is 403 g/mol. The number of carbonyl (C=O) groups is 4. The van der Waals surface area contributed by atoms with Gasteiger partial charge in [-0.05, 0) is 31.6 Å². The number of likely N-dealkylation sites (tertiary alicyclic amines) is 1. The van der Waals surface area contributed by atoms with Gasteiger partial charge in [-0.25, -0.2) is 4.79 Å². The average Bonchev–Trinajstić information content (AvgIpc) is 2.84. The predicted molar refractivity (Wildman–Crippen MR) is 85.3 cm³/mol. The third-order valence-corrected chi connectivity index (χ3v) is 5.21. The number of imide groups is 1. The maximum Gasteiger partial charge on any atom is 0.330 e. The number of carboxylic acids is 1. The molecule has 0 unspecified atom stereocenters. The van der Waals surface area contributed by atoms with Crippen LogP contribution in [0.3, 0.4) is 0 Å². The Morgan fingerprint density at radius 2 is 1.77 bits per heavy atom. The van der Waals surface area contributed by atoms with Crippen LogP contribution in [0.5, 0.6) is 0 Å². The van der Waals surface area contributed by atoms with Crippen LogP contribution in [0, 0.1) is 5.92 Å². The molecule has 122 valence electrons. The van der Waals surface area contributed by atoms with E-state index in [1.54, 1.807) is 0 Å². The topological polar surface area (TPSA) is 104 Å². The van der Waals surface area contributed by atoms with Crippen molar-refractivity contribution in [1.82, 2.24) is 10.2 Å². The second-order valence-electron chi connectivity index (χ2n) is 5.84. The molecular formula is C14H19IN2O5. The van der Waals surface area contributed by atoms with Crippen LogP contribution >= 0.6 is 22.6 Å². The largest absolute Gasteiger partial charge is 0.479 e. The Balaban J connectivity index is 2.04. The number of aliphatic carboxylic acids is 1. The lowest BCUT2D eigenvalue weighted by Gasteiger charge is -2.41. The number of nitrogens with one attached hydrogen (secondary N) is 1. The minimum Gasteiger partial charge on any atom is -0.479 e. The lowest BCUT2D eigenvalue weighted by molar-refractivity contribution is -0.166. The van der Waals surface area contributed by atoms with Crippen molar-refractivity contribution in [2.75, 3.05) is 11.0 Å². The Labute approximate surface area is 141 Å². The quantitative estimate of drug-likeness (QED) is 0.386. The highest BCUT2D eigenvalue weighted by Crippen LogP contribution is 2.39. The summed E-state index contributed by atoms with van der Waals surface area (Å²) in [7, 11) is 0. The number of nitrogens with zero attached hydrogens (tertiary/aromatic N) is 1. The molecule has 1 saturated heterocycles. The van der Waals surface area contributed by atoms with E-state index in [9.17, 15) is 24.3 Å². The fourth-order valence-corrected chi connectivity index (χ4v) is 3.52. The van der Waals surface area contributed by atoms with E-state index in [4.69, 9.17) is 0 Å². The number of halogens is 1. The Bertz CT molecular complexity index is 483. The zero-order valence-corrected chi connectivity index (χ0v) is 14.3. The number of carbonyl (C=O) groups excluding carboxylic acids is 3. The summed E-state index contributed by atoms with van der Waals surface area (Å²) in [6.07, 6.45) is 1.86. The smallest absolute Gasteiger partial charge is 0.330 e. The van der Waals surface area contributed by atoms with Crippen LogP contribution in [-0.2, 0) is 19.2 Å². The molecule has 1 saturated carbocycles. The second kappa shape index (κ2) is 6.93. The van der Waals surface area contributed by atoms with Crippen molar-refractivity contribution in [1.29, 1.82) is 0 Å². The molecule has 0 bridgehead atoms. The van der Waals surface area contributed by atoms with Crippen molar-refractivity contribution in [2.45, 2.75) is 44.1 Å². The van der Waals surface area contributed by atoms with Crippen LogP contribution in [0.1, 0.15) is 38.5 Å². The summed E-state index contributed by atoms with van der Waals surface area (Å²) in [5.41, 5.74) is -1.39. The van der Waals surface area contributed by atoms with E-state index in [0.717, 1.165) is 4.90 Å². The van der Waals surface area contributed by atoms with Gasteiger partial charge in [-0.15, -0.1) is 0 Å². The lowest BCUT2D eigenvalue weighted by atomic mass is 9.75. The van der Waals surface area contributed by atoms with E-state index in [1.165, 1.54) is 0 Å². The SMILES string of the molecule is O=C(CI)NCC1CCC(C(=O)O)(N2C(=O)CCC2=O)CC1. The summed E-state index contributed by atoms with van der Waals surface area (Å²) < 4.78 is 0.389. The third-order valence-electron chi connectivity index (χ3n) is 4.52. The van der Waals surface area contributed by atoms with Gasteiger partial charge in [0.15, 0.2) is 0 Å². The van der Waals surface area contributed by atoms with E-state index in [1.807, 2.05) is 22.6 Å². The van der Waals surface area contributed by atoms with Crippen molar-refractivity contribution in [3.8, 4) is 0 Å². The van der Waals surface area contributed by atoms with Gasteiger partial charge in [0.2, 0.25) is 17.7 Å². The lowest BCUT2D eigenvalue weighted by Crippen LogP contribution is -2.58. The van der Waals surface area contributed by atoms with Crippen LogP contribution < -0.4 is 5.32 Å². The number of alkyl halides is 1. The third kappa shape index (κ3) is 3.26. The van der Waals surface area contributed by atoms with E-state index in [-0.39, 0.29) is 49.3 Å². The predicted octanol–water partition coefficient (Wildman–Crippen LogP) is 0.700. The number of hydrogen-bond acceptors (Lipinski definition) is 4. The van der Waals surface area contributed by atoms with Crippen molar-refractivity contribution in [3.63, 3.8) is 0 Å². The standard InChI is InChI=1S/C14H19IN2O5/c15-7-10(18)16-8-9-3-5-14(6-4-9,13(21)22)17-11(19)1-2-12(17)20/h9H,1-8H2,(H,16,18)(H,21,22). The molecule has 0 spiro atoms. The fraction of sp³-hybridized carbons (Fsp3) is 0.714. The molecule has 0 aromatic heterocycles. The highest BCUT2D eigenvalue weighted by atomic mass is 127. The highest BCUT2D eigenvalue weighted by molar-refractivity contribution is 14.1. The zero-order valence-electron chi connectivity index (χ0n) is 12.1. The molecule has 3 amide bonds. The fourth-order valence-electron chi connectivity index (χ4n) is 3.25. The maximum atomic E-state index is 11.9. The van der Waals surface area contributed by atoms with Crippen LogP contribution in [0.25, 0.3) is 0 Å². The van der Waals surface area contributed by atoms with Gasteiger partial charge in [0.1, 0.15) is 5.54 Å². The molecule has 1 aliphatic heterocycles. The van der Waals surface area contributed by atoms with E-state index in [2.05, 4.69) is 5.32 Å². The molecule has 8 heteroatoms. The summed E-state index contributed by atoms with van der Waals surface area (Å²) in [5.74, 6) is -1.73. The van der Waals surface area contributed by atoms with Crippen molar-refractivity contribution in [3.05, 3.63) is 0 Å². The second-order valence-corrected chi connectivity index (χ2v) is 6.60. The Morgan fingerprint density at radius 3 is 2.23 bits per heavy atom. The van der Waals surface area contributed by atoms with Crippen LogP contribution in [0.15, 0.2) is 0 Å². The number of carboxylic acid groups (broad SMARTS) is 1. The Kier molecular flexibility index (Phi) is 5.41. The molecule has 0 aromatic carbocycles. The van der Waals surface area contributed by atoms with Gasteiger partial charge in [0.25, 0.3) is 0 Å². The average molecular weight is 422 g/mol. The first-order valence-electron chi connectivity index (χ1n) is 7.32. The van der Waals surface area contributed by atoms with Crippen LogP contribution in [0.2, 0.25) is 0 Å². The molecule has 0 radical (unpaired) electrons. The van der Waals surface area contributed by atoms with Crippen molar-refractivity contribution in [2.24, 2.45) is 5.92 Å². The minimum absolute atomic E-state index is 0.0411. The van der Waals surface area contributed by atoms with Crippen LogP contribution in [-0.4, -0.2) is 50.2 Å². The highest BCUT2D eigenvalue weighted by Gasteiger charge is 2.53. The summed E-state index contributed by atoms with van der Waals surface area (Å²) in [5, 5.41) is 12.4. The molecule has 0 atom stereocenters. The molecule has 2 fully saturated rings. The summed E-state index contributed by atoms with van der Waals surface area (Å²) in [6.45, 7) is 0.513. The monoisotopic (exact) mass is 422 g/mol. The summed E-state index contributed by atoms with van der Waals surface area (Å²) in [6, 6.07) is 0. The van der Waals surface area contributed by atoms with Gasteiger partial charge in [-0.1, -0.05) is 22.6 Å². The van der Waals surface area contributed by atoms with E-state index < -0.39 is 11.5 Å². The summed E-state index contributed by atoms with van der Waals surface area (Å²) in [4.78, 5) is 47.8. The number of hydrogen-bond donors (Lipinski definition) is 2. The van der Waals surface area contributed by atoms with Crippen LogP contribution in [0.4, 0.5) is 0 Å². The molecule has 22 heavy (non-hydrogen) atoms. The van der Waals surface area contributed by atoms with Gasteiger partial charge in [-0.3, -0.25) is 19.3 Å². The van der Waals surface area contributed by atoms with Crippen molar-refractivity contribution >= 4 is 46.3 Å². The minimum atomic E-state index is -1.39. The van der Waals surface area contributed by atoms with E-state index >= 15 is 0 Å². The van der Waals surface area contributed by atoms with Gasteiger partial charge >= 0.3 is 5.97 Å². The molecule has 2 aliphatic rings. The van der Waals surface area contributed by atoms with Gasteiger partial charge in [0.05, 0.1) is 4.43 Å². The normalized spacial score (nSPS) is 28.8. The molecule has 1 heterocycles. The summed E-state index contributed by atoms with van der Waals surface area (Å²) >= 11 is 1.98. The number of amides is 3. The Hall–Kier alpha value is -1.19. The first kappa shape index (κ1) is 17.2. The van der Waals surface area contributed by atoms with E-state index in [0.29, 0.717) is 23.8 Å². The van der Waals surface area contributed by atoms with Gasteiger partial charge in [-0.2, -0.15) is 0 Å². The Morgan fingerprint density at radius 1 is 1.23 bits per heavy atom. The molecule has 1 aliphatic carbocycles. The number of rotatable bonds is 5. The zero-order chi connectivity index (χ0) is 16.3. The van der Waals surface area contributed by atoms with Gasteiger partial charge in [0, 0.05) is 19.4 Å². The molecule has 0 aromatic rings. The molecule has 2 rings (SSSR count). The first-order valence-corrected chi connectivity index (χ1v) is 8.85. The first-order chi connectivity index (χ1) is 10.4. The van der Waals surface area contributed by atoms with Gasteiger partial charge < -0.3 is 10.4 Å². The maximum absolute atomic E-state index is 11.9. The van der Waals surface area contributed by atoms with Crippen molar-refractivity contribution < 1.29 is 24.3 Å². The molecule has 7 nitrogen and oxygen atoms in total.